The predicted molar refractivity (Wildman–Crippen MR) is 146 cm³/mol. The highest BCUT2D eigenvalue weighted by Crippen LogP contribution is 2.54. The lowest BCUT2D eigenvalue weighted by molar-refractivity contribution is -0.151. The molecule has 2 aliphatic heterocycles. The van der Waals surface area contributed by atoms with Gasteiger partial charge in [-0.1, -0.05) is 6.07 Å². The molecule has 12 heteroatoms. The summed E-state index contributed by atoms with van der Waals surface area (Å²) >= 11 is 0. The first-order chi connectivity index (χ1) is 19.9. The third-order valence-corrected chi connectivity index (χ3v) is 8.81. The number of ether oxygens (including phenoxy) is 2. The van der Waals surface area contributed by atoms with Crippen LogP contribution in [0, 0.1) is 0 Å². The number of hydrogen-bond acceptors (Lipinski definition) is 11. The molecule has 2 atom stereocenters. The second-order valence-corrected chi connectivity index (χ2v) is 11.3. The van der Waals surface area contributed by atoms with E-state index in [1.165, 1.54) is 26.2 Å². The molecule has 1 amide bonds. The number of aliphatic hydroxyl groups is 1. The van der Waals surface area contributed by atoms with Crippen LogP contribution in [0.15, 0.2) is 27.4 Å². The quantitative estimate of drug-likeness (QED) is 0.134. The zero-order valence-corrected chi connectivity index (χ0v) is 22.7. The van der Waals surface area contributed by atoms with E-state index in [4.69, 9.17) is 13.9 Å². The van der Waals surface area contributed by atoms with E-state index in [0.29, 0.717) is 17.5 Å². The maximum atomic E-state index is 14.0. The van der Waals surface area contributed by atoms with Gasteiger partial charge in [0.05, 0.1) is 19.3 Å². The Morgan fingerprint density at radius 2 is 1.64 bits per heavy atom. The monoisotopic (exact) mass is 575 g/mol. The van der Waals surface area contributed by atoms with Crippen molar-refractivity contribution in [1.29, 1.82) is 0 Å². The Morgan fingerprint density at radius 1 is 0.905 bits per heavy atom. The summed E-state index contributed by atoms with van der Waals surface area (Å²) in [5.41, 5.74) is -2.84. The maximum absolute atomic E-state index is 14.0. The fraction of sp³-hybridized carbons (Fsp3) is 0.300. The number of phenols is 4. The summed E-state index contributed by atoms with van der Waals surface area (Å²) in [7, 11) is 1.31. The minimum Gasteiger partial charge on any atom is -0.506 e. The van der Waals surface area contributed by atoms with E-state index in [2.05, 4.69) is 0 Å². The third kappa shape index (κ3) is 2.91. The van der Waals surface area contributed by atoms with Crippen LogP contribution in [0.4, 0.5) is 0 Å². The summed E-state index contributed by atoms with van der Waals surface area (Å²) in [6.45, 7) is 2.24. The zero-order chi connectivity index (χ0) is 30.0. The van der Waals surface area contributed by atoms with Crippen molar-refractivity contribution in [3.05, 3.63) is 50.7 Å². The van der Waals surface area contributed by atoms with Crippen molar-refractivity contribution >= 4 is 33.8 Å². The lowest BCUT2D eigenvalue weighted by Gasteiger charge is -2.43. The Morgan fingerprint density at radius 3 is 2.33 bits per heavy atom. The summed E-state index contributed by atoms with van der Waals surface area (Å²) in [6.07, 6.45) is 0.534. The number of benzene rings is 3. The molecule has 0 spiro atoms. The van der Waals surface area contributed by atoms with E-state index in [1.54, 1.807) is 13.0 Å². The number of rotatable bonds is 2. The molecule has 0 saturated carbocycles. The number of hydrogen-bond donors (Lipinski definition) is 5. The fourth-order valence-corrected chi connectivity index (χ4v) is 6.85. The van der Waals surface area contributed by atoms with E-state index in [0.717, 1.165) is 4.90 Å². The van der Waals surface area contributed by atoms with Gasteiger partial charge in [-0.2, -0.15) is 0 Å². The lowest BCUT2D eigenvalue weighted by atomic mass is 9.78. The second kappa shape index (κ2) is 8.07. The number of esters is 1. The van der Waals surface area contributed by atoms with Gasteiger partial charge in [0.1, 0.15) is 22.1 Å². The maximum Gasteiger partial charge on any atom is 0.336 e. The van der Waals surface area contributed by atoms with Crippen LogP contribution in [0.3, 0.4) is 0 Å². The molecule has 5 N–H and O–H groups in total. The van der Waals surface area contributed by atoms with Crippen LogP contribution < -0.4 is 10.2 Å². The van der Waals surface area contributed by atoms with Crippen LogP contribution >= 0.6 is 0 Å². The van der Waals surface area contributed by atoms with Gasteiger partial charge in [0.2, 0.25) is 5.43 Å². The smallest absolute Gasteiger partial charge is 0.336 e. The number of nitrogens with zero attached hydrogens (tertiary/aromatic N) is 1. The van der Waals surface area contributed by atoms with Crippen molar-refractivity contribution in [2.45, 2.75) is 44.4 Å². The molecule has 3 aliphatic rings. The molecule has 216 valence electrons. The zero-order valence-electron chi connectivity index (χ0n) is 22.7. The average molecular weight is 576 g/mol. The number of amides is 1. The number of methoxy groups -OCH3 is 1. The number of fused-ring (bicyclic) bond motifs is 8. The molecule has 1 fully saturated rings. The highest BCUT2D eigenvalue weighted by molar-refractivity contribution is 6.10. The molecule has 1 aromatic heterocycles. The molecule has 3 heterocycles. The molecule has 0 radical (unpaired) electrons. The summed E-state index contributed by atoms with van der Waals surface area (Å²) in [4.78, 5) is 41.5. The molecule has 0 unspecified atom stereocenters. The Hall–Kier alpha value is -4.97. The van der Waals surface area contributed by atoms with Crippen LogP contribution in [0.5, 0.6) is 28.7 Å². The molecule has 42 heavy (non-hydrogen) atoms. The largest absolute Gasteiger partial charge is 0.506 e. The third-order valence-electron chi connectivity index (χ3n) is 8.81. The Labute approximate surface area is 236 Å². The summed E-state index contributed by atoms with van der Waals surface area (Å²) in [5.74, 6) is -3.85. The van der Waals surface area contributed by atoms with E-state index in [1.807, 2.05) is 0 Å². The number of aromatic hydroxyl groups is 4. The van der Waals surface area contributed by atoms with Crippen LogP contribution in [0.2, 0.25) is 0 Å². The van der Waals surface area contributed by atoms with E-state index in [9.17, 15) is 39.9 Å². The van der Waals surface area contributed by atoms with Gasteiger partial charge in [-0.25, -0.2) is 4.79 Å². The molecule has 7 rings (SSSR count). The van der Waals surface area contributed by atoms with Gasteiger partial charge in [0.25, 0.3) is 5.91 Å². The van der Waals surface area contributed by atoms with Gasteiger partial charge >= 0.3 is 5.97 Å². The number of phenolic OH excluding ortho intramolecular Hbond substituents is 4. The van der Waals surface area contributed by atoms with Crippen molar-refractivity contribution < 1.29 is 49.0 Å². The first-order valence-electron chi connectivity index (χ1n) is 13.2. The van der Waals surface area contributed by atoms with Gasteiger partial charge in [-0.3, -0.25) is 14.5 Å². The van der Waals surface area contributed by atoms with Crippen LogP contribution in [-0.4, -0.2) is 67.3 Å². The number of carbonyl (C=O) groups excluding carboxylic acids is 2. The van der Waals surface area contributed by atoms with Crippen molar-refractivity contribution in [2.24, 2.45) is 0 Å². The Balaban J connectivity index is 1.56. The van der Waals surface area contributed by atoms with Gasteiger partial charge in [-0.15, -0.1) is 0 Å². The molecule has 0 bridgehead atoms. The summed E-state index contributed by atoms with van der Waals surface area (Å²) in [5, 5.41) is 53.8. The van der Waals surface area contributed by atoms with Crippen molar-refractivity contribution in [1.82, 2.24) is 4.90 Å². The van der Waals surface area contributed by atoms with Crippen molar-refractivity contribution in [2.75, 3.05) is 13.7 Å². The summed E-state index contributed by atoms with van der Waals surface area (Å²) in [6, 6.07) is 4.52. The molecule has 4 aromatic rings. The van der Waals surface area contributed by atoms with Crippen LogP contribution in [0.25, 0.3) is 33.1 Å². The minimum atomic E-state index is -1.69. The van der Waals surface area contributed by atoms with E-state index < -0.39 is 63.6 Å². The van der Waals surface area contributed by atoms with Gasteiger partial charge in [0.15, 0.2) is 39.8 Å². The van der Waals surface area contributed by atoms with Crippen LogP contribution in [-0.2, 0) is 28.8 Å². The fourth-order valence-electron chi connectivity index (χ4n) is 6.85. The SMILES string of the molecule is COc1ccc2oc3c4c(c(O)c(O)c3c(=O)c2c1O)CCc1cc2c(c(O)c1-4)C(=O)N1[C@@](C)(C2)OC(=O)[C@]1(C)CO. The summed E-state index contributed by atoms with van der Waals surface area (Å²) < 4.78 is 16.8. The topological polar surface area (TPSA) is 187 Å². The molecule has 12 nitrogen and oxygen atoms in total. The highest BCUT2D eigenvalue weighted by atomic mass is 16.6. The van der Waals surface area contributed by atoms with E-state index >= 15 is 0 Å². The predicted octanol–water partition coefficient (Wildman–Crippen LogP) is 2.57. The number of aliphatic hydroxyl groups excluding tert-OH is 1. The molecule has 1 aliphatic carbocycles. The van der Waals surface area contributed by atoms with Gasteiger partial charge in [0, 0.05) is 23.1 Å². The Bertz CT molecular complexity index is 2010. The van der Waals surface area contributed by atoms with Crippen molar-refractivity contribution in [3.63, 3.8) is 0 Å². The highest BCUT2D eigenvalue weighted by Gasteiger charge is 2.63. The number of carbonyl (C=O) groups is 2. The van der Waals surface area contributed by atoms with E-state index in [-0.39, 0.29) is 57.4 Å². The molecule has 3 aromatic carbocycles. The Kier molecular flexibility index (Phi) is 4.99. The first-order valence-corrected chi connectivity index (χ1v) is 13.2. The lowest BCUT2D eigenvalue weighted by Crippen LogP contribution is -2.60. The van der Waals surface area contributed by atoms with Crippen LogP contribution in [0.1, 0.15) is 40.9 Å². The second-order valence-electron chi connectivity index (χ2n) is 11.3. The standard InChI is InChI=1S/C30H25NO11/c1-29(10-32)28(39)42-30(2)9-12-8-11-4-5-13-18(16(11)23(35)17(12)27(38)31(29)30)26-20(25(37)21(13)33)24(36)19-14(41-26)6-7-15(40-3)22(19)34/h6-8,32-35,37H,4-5,9-10H2,1-3H3/t29-,30+/m0/s1. The average Bonchev–Trinajstić information content (AvgIpc) is 3.15. The van der Waals surface area contributed by atoms with Gasteiger partial charge < -0.3 is 39.4 Å². The molecule has 1 saturated heterocycles. The van der Waals surface area contributed by atoms with Crippen molar-refractivity contribution in [3.8, 4) is 39.9 Å². The minimum absolute atomic E-state index is 0.00444. The first kappa shape index (κ1) is 26.0. The molecular weight excluding hydrogens is 550 g/mol. The molecular formula is C30H25NO11. The normalized spacial score (nSPS) is 22.5. The van der Waals surface area contributed by atoms with Gasteiger partial charge in [-0.05, 0) is 49.9 Å². The number of aryl methyl sites for hydroxylation is 1.